The number of carbonyl (C=O) groups is 2. The molecule has 2 fully saturated rings. The van der Waals surface area contributed by atoms with Crippen molar-refractivity contribution in [3.05, 3.63) is 0 Å². The number of hydrogen-bond donors (Lipinski definition) is 0. The van der Waals surface area contributed by atoms with E-state index in [4.69, 9.17) is 4.74 Å². The van der Waals surface area contributed by atoms with Gasteiger partial charge in [0, 0.05) is 24.7 Å². The van der Waals surface area contributed by atoms with Gasteiger partial charge in [-0.2, -0.15) is 0 Å². The fraction of sp³-hybridized carbons (Fsp3) is 0.857. The monoisotopic (exact) mass is 238 g/mol. The number of rotatable bonds is 1. The summed E-state index contributed by atoms with van der Waals surface area (Å²) in [5, 5.41) is 0. The van der Waals surface area contributed by atoms with Gasteiger partial charge < -0.3 is 4.74 Å². The third-order valence-corrected chi connectivity index (χ3v) is 4.83. The van der Waals surface area contributed by atoms with Crippen molar-refractivity contribution in [1.82, 2.24) is 0 Å². The third kappa shape index (κ3) is 1.71. The van der Waals surface area contributed by atoms with Gasteiger partial charge >= 0.3 is 5.97 Å². The van der Waals surface area contributed by atoms with Crippen molar-refractivity contribution in [2.24, 2.45) is 16.7 Å². The summed E-state index contributed by atoms with van der Waals surface area (Å²) in [6.45, 7) is 9.76. The minimum absolute atomic E-state index is 0.0180. The molecule has 0 aromatic rings. The first-order valence-corrected chi connectivity index (χ1v) is 6.32. The first kappa shape index (κ1) is 12.6. The van der Waals surface area contributed by atoms with Gasteiger partial charge in [0.25, 0.3) is 0 Å². The number of esters is 1. The molecule has 2 aliphatic carbocycles. The molecule has 3 heteroatoms. The molecule has 0 aliphatic heterocycles. The van der Waals surface area contributed by atoms with Crippen LogP contribution in [0.25, 0.3) is 0 Å². The number of hydrogen-bond acceptors (Lipinski definition) is 3. The molecule has 3 atom stereocenters. The summed E-state index contributed by atoms with van der Waals surface area (Å²) in [7, 11) is 0. The number of Topliss-reactive ketones (excluding diaryl/α,β-unsaturated/α-hetero) is 1. The van der Waals surface area contributed by atoms with Crippen LogP contribution in [-0.2, 0) is 14.3 Å². The molecule has 2 rings (SSSR count). The van der Waals surface area contributed by atoms with Crippen LogP contribution in [0, 0.1) is 16.7 Å². The van der Waals surface area contributed by atoms with E-state index in [0.29, 0.717) is 18.6 Å². The van der Waals surface area contributed by atoms with Crippen LogP contribution in [0.3, 0.4) is 0 Å². The van der Waals surface area contributed by atoms with Crippen molar-refractivity contribution < 1.29 is 14.3 Å². The molecule has 0 bridgehead atoms. The van der Waals surface area contributed by atoms with Gasteiger partial charge in [0.1, 0.15) is 11.4 Å². The Bertz CT molecular complexity index is 385. The Hall–Kier alpha value is -0.860. The Morgan fingerprint density at radius 3 is 2.41 bits per heavy atom. The topological polar surface area (TPSA) is 43.4 Å². The molecule has 3 nitrogen and oxygen atoms in total. The van der Waals surface area contributed by atoms with E-state index in [1.54, 1.807) is 0 Å². The van der Waals surface area contributed by atoms with Gasteiger partial charge in [-0.25, -0.2) is 0 Å². The van der Waals surface area contributed by atoms with Gasteiger partial charge in [0.15, 0.2) is 0 Å². The quantitative estimate of drug-likeness (QED) is 0.660. The molecule has 0 radical (unpaired) electrons. The molecule has 96 valence electrons. The largest absolute Gasteiger partial charge is 0.459 e. The fourth-order valence-corrected chi connectivity index (χ4v) is 3.99. The second-order valence-corrected chi connectivity index (χ2v) is 6.98. The van der Waals surface area contributed by atoms with Crippen molar-refractivity contribution in [3.8, 4) is 0 Å². The van der Waals surface area contributed by atoms with Crippen LogP contribution in [0.15, 0.2) is 0 Å². The second kappa shape index (κ2) is 3.33. The van der Waals surface area contributed by atoms with E-state index >= 15 is 0 Å². The average Bonchev–Trinajstić information content (AvgIpc) is 2.09. The predicted molar refractivity (Wildman–Crippen MR) is 64.4 cm³/mol. The lowest BCUT2D eigenvalue weighted by Gasteiger charge is -2.64. The number of carbonyl (C=O) groups excluding carboxylic acids is 2. The summed E-state index contributed by atoms with van der Waals surface area (Å²) in [5.41, 5.74) is -0.626. The summed E-state index contributed by atoms with van der Waals surface area (Å²) in [4.78, 5) is 23.3. The van der Waals surface area contributed by atoms with Crippen LogP contribution in [0.1, 0.15) is 53.9 Å². The molecule has 2 saturated carbocycles. The van der Waals surface area contributed by atoms with Gasteiger partial charge in [-0.1, -0.05) is 20.8 Å². The molecule has 0 saturated heterocycles. The van der Waals surface area contributed by atoms with Crippen LogP contribution < -0.4 is 0 Å². The van der Waals surface area contributed by atoms with Gasteiger partial charge in [0.05, 0.1) is 0 Å². The molecule has 0 aromatic heterocycles. The Morgan fingerprint density at radius 2 is 1.88 bits per heavy atom. The van der Waals surface area contributed by atoms with E-state index in [-0.39, 0.29) is 22.7 Å². The molecule has 0 aromatic carbocycles. The van der Waals surface area contributed by atoms with Crippen molar-refractivity contribution in [2.75, 3.05) is 0 Å². The number of ketones is 1. The van der Waals surface area contributed by atoms with Crippen molar-refractivity contribution in [1.29, 1.82) is 0 Å². The number of fused-ring (bicyclic) bond motifs is 1. The maximum atomic E-state index is 12.1. The van der Waals surface area contributed by atoms with Crippen LogP contribution in [0.2, 0.25) is 0 Å². The minimum Gasteiger partial charge on any atom is -0.459 e. The molecule has 0 N–H and O–H groups in total. The zero-order valence-electron chi connectivity index (χ0n) is 11.4. The van der Waals surface area contributed by atoms with Crippen LogP contribution in [0.4, 0.5) is 0 Å². The number of ether oxygens (including phenoxy) is 1. The van der Waals surface area contributed by atoms with Gasteiger partial charge in [-0.3, -0.25) is 9.59 Å². The Morgan fingerprint density at radius 1 is 1.29 bits per heavy atom. The molecule has 0 heterocycles. The summed E-state index contributed by atoms with van der Waals surface area (Å²) in [6.07, 6.45) is 2.29. The highest BCUT2D eigenvalue weighted by molar-refractivity contribution is 5.85. The van der Waals surface area contributed by atoms with Gasteiger partial charge in [0.2, 0.25) is 0 Å². The van der Waals surface area contributed by atoms with Gasteiger partial charge in [-0.05, 0) is 25.2 Å². The Kier molecular flexibility index (Phi) is 2.47. The highest BCUT2D eigenvalue weighted by atomic mass is 16.6. The minimum atomic E-state index is -0.461. The molecule has 0 spiro atoms. The molecule has 17 heavy (non-hydrogen) atoms. The third-order valence-electron chi connectivity index (χ3n) is 4.83. The smallest absolute Gasteiger partial charge is 0.303 e. The van der Waals surface area contributed by atoms with E-state index in [1.807, 2.05) is 6.92 Å². The zero-order valence-corrected chi connectivity index (χ0v) is 11.4. The summed E-state index contributed by atoms with van der Waals surface area (Å²) in [5.74, 6) is 0.177. The van der Waals surface area contributed by atoms with E-state index in [2.05, 4.69) is 20.8 Å². The standard InChI is InChI=1S/C14H22O3/c1-9(15)17-14(5)6-10-11(16)7-12(2,3)8-13(10,14)4/h10H,6-8H2,1-5H3. The van der Waals surface area contributed by atoms with E-state index in [9.17, 15) is 9.59 Å². The summed E-state index contributed by atoms with van der Waals surface area (Å²) >= 11 is 0. The van der Waals surface area contributed by atoms with Crippen molar-refractivity contribution in [3.63, 3.8) is 0 Å². The molecular formula is C14H22O3. The van der Waals surface area contributed by atoms with Crippen LogP contribution in [-0.4, -0.2) is 17.4 Å². The molecule has 2 aliphatic rings. The zero-order chi connectivity index (χ0) is 13.1. The lowest BCUT2D eigenvalue weighted by Crippen LogP contribution is -2.67. The maximum absolute atomic E-state index is 12.1. The fourth-order valence-electron chi connectivity index (χ4n) is 3.99. The SMILES string of the molecule is CC(=O)OC1(C)CC2C(=O)CC(C)(C)CC21C. The average molecular weight is 238 g/mol. The highest BCUT2D eigenvalue weighted by Crippen LogP contribution is 2.65. The second-order valence-electron chi connectivity index (χ2n) is 6.98. The van der Waals surface area contributed by atoms with Crippen LogP contribution in [0.5, 0.6) is 0 Å². The van der Waals surface area contributed by atoms with E-state index in [1.165, 1.54) is 6.92 Å². The van der Waals surface area contributed by atoms with Crippen molar-refractivity contribution >= 4 is 11.8 Å². The molecule has 3 unspecified atom stereocenters. The Balaban J connectivity index is 2.28. The van der Waals surface area contributed by atoms with E-state index < -0.39 is 5.60 Å². The van der Waals surface area contributed by atoms with Gasteiger partial charge in [-0.15, -0.1) is 0 Å². The first-order valence-electron chi connectivity index (χ1n) is 6.32. The summed E-state index contributed by atoms with van der Waals surface area (Å²) in [6, 6.07) is 0. The maximum Gasteiger partial charge on any atom is 0.303 e. The van der Waals surface area contributed by atoms with Crippen molar-refractivity contribution in [2.45, 2.75) is 59.5 Å². The predicted octanol–water partition coefficient (Wildman–Crippen LogP) is 2.72. The molecular weight excluding hydrogens is 216 g/mol. The first-order chi connectivity index (χ1) is 7.60. The lowest BCUT2D eigenvalue weighted by atomic mass is 9.42. The highest BCUT2D eigenvalue weighted by Gasteiger charge is 2.67. The lowest BCUT2D eigenvalue weighted by molar-refractivity contribution is -0.237. The normalized spacial score (nSPS) is 43.6. The van der Waals surface area contributed by atoms with E-state index in [0.717, 1.165) is 6.42 Å². The Labute approximate surface area is 103 Å². The summed E-state index contributed by atoms with van der Waals surface area (Å²) < 4.78 is 5.50. The van der Waals surface area contributed by atoms with Crippen LogP contribution >= 0.6 is 0 Å². The molecule has 0 amide bonds.